The molecule has 3 aromatic rings. The summed E-state index contributed by atoms with van der Waals surface area (Å²) >= 11 is 0. The summed E-state index contributed by atoms with van der Waals surface area (Å²) in [5.41, 5.74) is 1.96. The molecule has 0 aliphatic heterocycles. The van der Waals surface area contributed by atoms with Crippen molar-refractivity contribution in [3.8, 4) is 11.5 Å². The number of furan rings is 1. The number of amides is 2. The van der Waals surface area contributed by atoms with E-state index in [1.807, 2.05) is 62.4 Å². The third-order valence-electron chi connectivity index (χ3n) is 4.97. The van der Waals surface area contributed by atoms with Crippen molar-refractivity contribution in [2.75, 3.05) is 19.8 Å². The van der Waals surface area contributed by atoms with Gasteiger partial charge in [-0.2, -0.15) is 0 Å². The van der Waals surface area contributed by atoms with Gasteiger partial charge in [0.15, 0.2) is 17.3 Å². The Balaban J connectivity index is 1.62. The maximum Gasteiger partial charge on any atom is 0.287 e. The van der Waals surface area contributed by atoms with E-state index in [0.29, 0.717) is 44.1 Å². The Labute approximate surface area is 194 Å². The van der Waals surface area contributed by atoms with Crippen molar-refractivity contribution in [3.63, 3.8) is 0 Å². The molecule has 0 radical (unpaired) electrons. The molecule has 3 rings (SSSR count). The number of ether oxygens (including phenoxy) is 2. The van der Waals surface area contributed by atoms with Gasteiger partial charge in [-0.05, 0) is 55.7 Å². The Kier molecular flexibility index (Phi) is 8.94. The first-order valence-corrected chi connectivity index (χ1v) is 11.1. The molecule has 33 heavy (non-hydrogen) atoms. The Morgan fingerprint density at radius 1 is 0.909 bits per heavy atom. The van der Waals surface area contributed by atoms with Crippen molar-refractivity contribution < 1.29 is 23.5 Å². The molecule has 1 heterocycles. The Morgan fingerprint density at radius 2 is 1.67 bits per heavy atom. The van der Waals surface area contributed by atoms with Crippen LogP contribution in [-0.2, 0) is 17.6 Å². The second kappa shape index (κ2) is 12.3. The van der Waals surface area contributed by atoms with Gasteiger partial charge in [-0.15, -0.1) is 0 Å². The number of rotatable bonds is 12. The zero-order valence-electron chi connectivity index (χ0n) is 19.0. The predicted molar refractivity (Wildman–Crippen MR) is 126 cm³/mol. The maximum atomic E-state index is 13.0. The van der Waals surface area contributed by atoms with Crippen molar-refractivity contribution in [2.24, 2.45) is 0 Å². The van der Waals surface area contributed by atoms with E-state index in [-0.39, 0.29) is 11.7 Å². The minimum absolute atomic E-state index is 0.165. The quantitative estimate of drug-likeness (QED) is 0.438. The lowest BCUT2D eigenvalue weighted by Crippen LogP contribution is -2.48. The second-order valence-electron chi connectivity index (χ2n) is 7.38. The van der Waals surface area contributed by atoms with Crippen LogP contribution in [0.1, 0.15) is 35.5 Å². The first-order valence-electron chi connectivity index (χ1n) is 11.1. The zero-order valence-corrected chi connectivity index (χ0v) is 19.0. The smallest absolute Gasteiger partial charge is 0.287 e. The molecular weight excluding hydrogens is 420 g/mol. The minimum atomic E-state index is -0.732. The Morgan fingerprint density at radius 3 is 2.36 bits per heavy atom. The third-order valence-corrected chi connectivity index (χ3v) is 4.97. The standard InChI is InChI=1S/C26H30N2O5/c1-3-31-22-13-12-20(18-24(22)32-4-2)14-15-27-25(29)21(17-19-9-6-5-7-10-19)28-26(30)23-11-8-16-33-23/h5-13,16,18,21H,3-4,14-15,17H2,1-2H3,(H,27,29)(H,28,30)/t21-/m0/s1. The first kappa shape index (κ1) is 23.9. The summed E-state index contributed by atoms with van der Waals surface area (Å²) in [5, 5.41) is 5.72. The Hall–Kier alpha value is -3.74. The fraction of sp³-hybridized carbons (Fsp3) is 0.308. The highest BCUT2D eigenvalue weighted by Gasteiger charge is 2.22. The fourth-order valence-corrected chi connectivity index (χ4v) is 3.40. The summed E-state index contributed by atoms with van der Waals surface area (Å²) < 4.78 is 16.4. The number of hydrogen-bond acceptors (Lipinski definition) is 5. The number of carbonyl (C=O) groups is 2. The van der Waals surface area contributed by atoms with E-state index >= 15 is 0 Å². The van der Waals surface area contributed by atoms with Crippen LogP contribution >= 0.6 is 0 Å². The van der Waals surface area contributed by atoms with E-state index in [4.69, 9.17) is 13.9 Å². The lowest BCUT2D eigenvalue weighted by atomic mass is 10.0. The summed E-state index contributed by atoms with van der Waals surface area (Å²) in [6.07, 6.45) is 2.41. The van der Waals surface area contributed by atoms with Crippen LogP contribution in [0.2, 0.25) is 0 Å². The van der Waals surface area contributed by atoms with E-state index in [1.54, 1.807) is 12.1 Å². The molecule has 7 heteroatoms. The van der Waals surface area contributed by atoms with Gasteiger partial charge in [-0.1, -0.05) is 36.4 Å². The van der Waals surface area contributed by atoms with Crippen molar-refractivity contribution in [3.05, 3.63) is 83.8 Å². The molecule has 0 saturated carbocycles. The molecule has 0 bridgehead atoms. The minimum Gasteiger partial charge on any atom is -0.490 e. The highest BCUT2D eigenvalue weighted by molar-refractivity contribution is 5.95. The van der Waals surface area contributed by atoms with Gasteiger partial charge >= 0.3 is 0 Å². The van der Waals surface area contributed by atoms with Crippen molar-refractivity contribution >= 4 is 11.8 Å². The highest BCUT2D eigenvalue weighted by atomic mass is 16.5. The molecule has 1 atom stereocenters. The molecule has 1 aromatic heterocycles. The fourth-order valence-electron chi connectivity index (χ4n) is 3.40. The van der Waals surface area contributed by atoms with Gasteiger partial charge in [-0.25, -0.2) is 0 Å². The lowest BCUT2D eigenvalue weighted by Gasteiger charge is -2.18. The van der Waals surface area contributed by atoms with Crippen molar-refractivity contribution in [2.45, 2.75) is 32.7 Å². The summed E-state index contributed by atoms with van der Waals surface area (Å²) in [6, 6.07) is 17.8. The summed E-state index contributed by atoms with van der Waals surface area (Å²) in [6.45, 7) is 5.36. The van der Waals surface area contributed by atoms with Crippen LogP contribution in [0, 0.1) is 0 Å². The largest absolute Gasteiger partial charge is 0.490 e. The van der Waals surface area contributed by atoms with Gasteiger partial charge in [0.2, 0.25) is 5.91 Å². The third kappa shape index (κ3) is 7.14. The molecule has 0 spiro atoms. The van der Waals surface area contributed by atoms with Crippen molar-refractivity contribution in [1.82, 2.24) is 10.6 Å². The average Bonchev–Trinajstić information content (AvgIpc) is 3.36. The van der Waals surface area contributed by atoms with E-state index in [0.717, 1.165) is 11.1 Å². The second-order valence-corrected chi connectivity index (χ2v) is 7.38. The monoisotopic (exact) mass is 450 g/mol. The number of benzene rings is 2. The van der Waals surface area contributed by atoms with Gasteiger partial charge in [-0.3, -0.25) is 9.59 Å². The zero-order chi connectivity index (χ0) is 23.5. The van der Waals surface area contributed by atoms with Crippen LogP contribution in [0.4, 0.5) is 0 Å². The van der Waals surface area contributed by atoms with Crippen LogP contribution in [-0.4, -0.2) is 37.6 Å². The maximum absolute atomic E-state index is 13.0. The summed E-state index contributed by atoms with van der Waals surface area (Å²) in [7, 11) is 0. The van der Waals surface area contributed by atoms with E-state index < -0.39 is 11.9 Å². The molecule has 0 aliphatic carbocycles. The Bertz CT molecular complexity index is 1020. The molecule has 0 saturated heterocycles. The van der Waals surface area contributed by atoms with Gasteiger partial charge in [0.25, 0.3) is 5.91 Å². The van der Waals surface area contributed by atoms with E-state index in [1.165, 1.54) is 6.26 Å². The molecular formula is C26H30N2O5. The van der Waals surface area contributed by atoms with E-state index in [9.17, 15) is 9.59 Å². The SMILES string of the molecule is CCOc1ccc(CCNC(=O)[C@H](Cc2ccccc2)NC(=O)c2ccco2)cc1OCC. The first-order chi connectivity index (χ1) is 16.1. The molecule has 0 aliphatic rings. The molecule has 0 unspecified atom stereocenters. The van der Waals surface area contributed by atoms with Gasteiger partial charge < -0.3 is 24.5 Å². The molecule has 2 amide bonds. The number of hydrogen-bond donors (Lipinski definition) is 2. The van der Waals surface area contributed by atoms with Crippen LogP contribution in [0.25, 0.3) is 0 Å². The van der Waals surface area contributed by atoms with Crippen LogP contribution in [0.3, 0.4) is 0 Å². The number of carbonyl (C=O) groups excluding carboxylic acids is 2. The van der Waals surface area contributed by atoms with Crippen LogP contribution in [0.15, 0.2) is 71.3 Å². The van der Waals surface area contributed by atoms with Crippen LogP contribution < -0.4 is 20.1 Å². The molecule has 7 nitrogen and oxygen atoms in total. The molecule has 2 N–H and O–H groups in total. The summed E-state index contributed by atoms with van der Waals surface area (Å²) in [4.78, 5) is 25.4. The van der Waals surface area contributed by atoms with Crippen LogP contribution in [0.5, 0.6) is 11.5 Å². The van der Waals surface area contributed by atoms with Gasteiger partial charge in [0.1, 0.15) is 6.04 Å². The molecule has 0 fully saturated rings. The molecule has 174 valence electrons. The summed E-state index contributed by atoms with van der Waals surface area (Å²) in [5.74, 6) is 0.879. The lowest BCUT2D eigenvalue weighted by molar-refractivity contribution is -0.122. The van der Waals surface area contributed by atoms with Gasteiger partial charge in [0, 0.05) is 13.0 Å². The predicted octanol–water partition coefficient (Wildman–Crippen LogP) is 3.78. The topological polar surface area (TPSA) is 89.8 Å². The van der Waals surface area contributed by atoms with Crippen molar-refractivity contribution in [1.29, 1.82) is 0 Å². The molecule has 2 aromatic carbocycles. The number of nitrogens with one attached hydrogen (secondary N) is 2. The normalized spacial score (nSPS) is 11.5. The highest BCUT2D eigenvalue weighted by Crippen LogP contribution is 2.28. The van der Waals surface area contributed by atoms with E-state index in [2.05, 4.69) is 10.6 Å². The average molecular weight is 451 g/mol. The van der Waals surface area contributed by atoms with Gasteiger partial charge in [0.05, 0.1) is 19.5 Å².